The molecule has 0 fully saturated rings. The Labute approximate surface area is 125 Å². The maximum absolute atomic E-state index is 10.8. The lowest BCUT2D eigenvalue weighted by Crippen LogP contribution is -2.02. The van der Waals surface area contributed by atoms with E-state index in [-0.39, 0.29) is 5.69 Å². The first-order valence-corrected chi connectivity index (χ1v) is 7.29. The summed E-state index contributed by atoms with van der Waals surface area (Å²) in [7, 11) is 0. The Hall–Kier alpha value is -2.47. The molecule has 1 aromatic carbocycles. The number of nitrogens with one attached hydrogen (secondary N) is 1. The monoisotopic (exact) mass is 299 g/mol. The van der Waals surface area contributed by atoms with E-state index in [0.29, 0.717) is 6.54 Å². The third kappa shape index (κ3) is 2.85. The van der Waals surface area contributed by atoms with Crippen molar-refractivity contribution in [1.29, 1.82) is 0 Å². The number of pyridine rings is 1. The topological polar surface area (TPSA) is 75.1 Å². The van der Waals surface area contributed by atoms with E-state index in [1.54, 1.807) is 5.38 Å². The second-order valence-corrected chi connectivity index (χ2v) is 5.56. The van der Waals surface area contributed by atoms with Crippen molar-refractivity contribution < 1.29 is 9.90 Å². The van der Waals surface area contributed by atoms with Crippen LogP contribution in [-0.4, -0.2) is 21.0 Å². The molecule has 0 saturated heterocycles. The van der Waals surface area contributed by atoms with Crippen LogP contribution in [0.1, 0.15) is 21.2 Å². The van der Waals surface area contributed by atoms with E-state index in [4.69, 9.17) is 5.11 Å². The standard InChI is InChI=1S/C15H13N3O2S/c1-9-6-12(10-4-2-3-5-11(10)17-9)16-7-14-18-13(8-21-14)15(19)20/h2-6,8H,7H2,1H3,(H,16,17)(H,19,20). The molecule has 2 heterocycles. The van der Waals surface area contributed by atoms with Gasteiger partial charge in [-0.05, 0) is 19.1 Å². The fourth-order valence-corrected chi connectivity index (χ4v) is 2.82. The highest BCUT2D eigenvalue weighted by Gasteiger charge is 2.09. The van der Waals surface area contributed by atoms with Crippen molar-refractivity contribution in [3.8, 4) is 0 Å². The van der Waals surface area contributed by atoms with E-state index in [2.05, 4.69) is 15.3 Å². The second-order valence-electron chi connectivity index (χ2n) is 4.61. The van der Waals surface area contributed by atoms with Crippen LogP contribution in [0.4, 0.5) is 5.69 Å². The Morgan fingerprint density at radius 3 is 2.90 bits per heavy atom. The van der Waals surface area contributed by atoms with Gasteiger partial charge in [-0.15, -0.1) is 11.3 Å². The Bertz CT molecular complexity index is 814. The maximum Gasteiger partial charge on any atom is 0.355 e. The molecule has 0 radical (unpaired) electrons. The van der Waals surface area contributed by atoms with Gasteiger partial charge in [-0.25, -0.2) is 9.78 Å². The molecular formula is C15H13N3O2S. The predicted octanol–water partition coefficient (Wildman–Crippen LogP) is 3.31. The van der Waals surface area contributed by atoms with Gasteiger partial charge in [0.2, 0.25) is 0 Å². The Morgan fingerprint density at radius 1 is 1.33 bits per heavy atom. The van der Waals surface area contributed by atoms with Gasteiger partial charge < -0.3 is 10.4 Å². The summed E-state index contributed by atoms with van der Waals surface area (Å²) in [4.78, 5) is 19.4. The molecule has 2 aromatic heterocycles. The molecule has 0 atom stereocenters. The molecule has 0 bridgehead atoms. The minimum Gasteiger partial charge on any atom is -0.476 e. The highest BCUT2D eigenvalue weighted by molar-refractivity contribution is 7.09. The van der Waals surface area contributed by atoms with Gasteiger partial charge in [-0.2, -0.15) is 0 Å². The lowest BCUT2D eigenvalue weighted by molar-refractivity contribution is 0.0691. The molecule has 0 spiro atoms. The van der Waals surface area contributed by atoms with Crippen LogP contribution in [-0.2, 0) is 6.54 Å². The summed E-state index contributed by atoms with van der Waals surface area (Å²) in [5.41, 5.74) is 2.93. The van der Waals surface area contributed by atoms with Crippen LogP contribution in [0, 0.1) is 6.92 Å². The van der Waals surface area contributed by atoms with Crippen molar-refractivity contribution in [2.75, 3.05) is 5.32 Å². The first-order chi connectivity index (χ1) is 10.1. The van der Waals surface area contributed by atoms with Gasteiger partial charge in [0, 0.05) is 22.1 Å². The van der Waals surface area contributed by atoms with Gasteiger partial charge in [0.15, 0.2) is 5.69 Å². The molecular weight excluding hydrogens is 286 g/mol. The number of benzene rings is 1. The fourth-order valence-electron chi connectivity index (χ4n) is 2.12. The van der Waals surface area contributed by atoms with Gasteiger partial charge in [-0.3, -0.25) is 4.98 Å². The molecule has 0 amide bonds. The second kappa shape index (κ2) is 5.49. The van der Waals surface area contributed by atoms with E-state index in [0.717, 1.165) is 27.3 Å². The molecule has 106 valence electrons. The van der Waals surface area contributed by atoms with Crippen LogP contribution in [0.2, 0.25) is 0 Å². The summed E-state index contributed by atoms with van der Waals surface area (Å²) in [6.45, 7) is 2.44. The highest BCUT2D eigenvalue weighted by atomic mass is 32.1. The number of carboxylic acids is 1. The number of aromatic nitrogens is 2. The summed E-state index contributed by atoms with van der Waals surface area (Å²) in [5, 5.41) is 15.5. The number of carbonyl (C=O) groups is 1. The molecule has 0 aliphatic heterocycles. The minimum absolute atomic E-state index is 0.0903. The minimum atomic E-state index is -0.997. The Morgan fingerprint density at radius 2 is 2.14 bits per heavy atom. The van der Waals surface area contributed by atoms with Gasteiger partial charge in [0.25, 0.3) is 0 Å². The van der Waals surface area contributed by atoms with Crippen LogP contribution in [0.5, 0.6) is 0 Å². The Balaban J connectivity index is 1.86. The van der Waals surface area contributed by atoms with Crippen LogP contribution in [0.15, 0.2) is 35.7 Å². The zero-order valence-corrected chi connectivity index (χ0v) is 12.1. The van der Waals surface area contributed by atoms with Crippen molar-refractivity contribution in [1.82, 2.24) is 9.97 Å². The number of thiazole rings is 1. The molecule has 6 heteroatoms. The number of hydrogen-bond acceptors (Lipinski definition) is 5. The molecule has 0 unspecified atom stereocenters. The number of nitrogens with zero attached hydrogens (tertiary/aromatic N) is 2. The van der Waals surface area contributed by atoms with Gasteiger partial charge in [0.1, 0.15) is 5.01 Å². The summed E-state index contributed by atoms with van der Waals surface area (Å²) in [5.74, 6) is -0.997. The average molecular weight is 299 g/mol. The highest BCUT2D eigenvalue weighted by Crippen LogP contribution is 2.23. The fraction of sp³-hybridized carbons (Fsp3) is 0.133. The zero-order valence-electron chi connectivity index (χ0n) is 11.3. The summed E-state index contributed by atoms with van der Waals surface area (Å²) in [6, 6.07) is 9.89. The molecule has 2 N–H and O–H groups in total. The molecule has 21 heavy (non-hydrogen) atoms. The smallest absolute Gasteiger partial charge is 0.355 e. The van der Waals surface area contributed by atoms with Gasteiger partial charge in [0.05, 0.1) is 12.1 Å². The molecule has 0 saturated carbocycles. The molecule has 5 nitrogen and oxygen atoms in total. The third-order valence-electron chi connectivity index (χ3n) is 3.05. The number of anilines is 1. The van der Waals surface area contributed by atoms with Gasteiger partial charge in [-0.1, -0.05) is 18.2 Å². The van der Waals surface area contributed by atoms with Crippen LogP contribution < -0.4 is 5.32 Å². The lowest BCUT2D eigenvalue weighted by atomic mass is 10.1. The number of para-hydroxylation sites is 1. The van der Waals surface area contributed by atoms with Crippen LogP contribution in [0.3, 0.4) is 0 Å². The first-order valence-electron chi connectivity index (χ1n) is 6.41. The number of carboxylic acid groups (broad SMARTS) is 1. The van der Waals surface area contributed by atoms with Gasteiger partial charge >= 0.3 is 5.97 Å². The zero-order chi connectivity index (χ0) is 14.8. The van der Waals surface area contributed by atoms with Crippen molar-refractivity contribution in [3.05, 3.63) is 52.1 Å². The lowest BCUT2D eigenvalue weighted by Gasteiger charge is -2.09. The summed E-state index contributed by atoms with van der Waals surface area (Å²) in [6.07, 6.45) is 0. The first kappa shape index (κ1) is 13.5. The van der Waals surface area contributed by atoms with E-state index < -0.39 is 5.97 Å². The average Bonchev–Trinajstić information content (AvgIpc) is 2.93. The SMILES string of the molecule is Cc1cc(NCc2nc(C(=O)O)cs2)c2ccccc2n1. The number of hydrogen-bond donors (Lipinski definition) is 2. The van der Waals surface area contributed by atoms with Crippen molar-refractivity contribution >= 4 is 33.9 Å². The van der Waals surface area contributed by atoms with E-state index >= 15 is 0 Å². The predicted molar refractivity (Wildman–Crippen MR) is 82.9 cm³/mol. The Kier molecular flexibility index (Phi) is 3.53. The molecule has 3 rings (SSSR count). The largest absolute Gasteiger partial charge is 0.476 e. The third-order valence-corrected chi connectivity index (χ3v) is 3.89. The van der Waals surface area contributed by atoms with E-state index in [1.807, 2.05) is 37.3 Å². The van der Waals surface area contributed by atoms with Crippen LogP contribution in [0.25, 0.3) is 10.9 Å². The molecule has 0 aliphatic carbocycles. The van der Waals surface area contributed by atoms with Crippen molar-refractivity contribution in [2.24, 2.45) is 0 Å². The number of fused-ring (bicyclic) bond motifs is 1. The van der Waals surface area contributed by atoms with E-state index in [1.165, 1.54) is 11.3 Å². The molecule has 0 aliphatic rings. The number of aromatic carboxylic acids is 1. The quantitative estimate of drug-likeness (QED) is 0.773. The van der Waals surface area contributed by atoms with Crippen molar-refractivity contribution in [2.45, 2.75) is 13.5 Å². The maximum atomic E-state index is 10.8. The van der Waals surface area contributed by atoms with Crippen molar-refractivity contribution in [3.63, 3.8) is 0 Å². The normalized spacial score (nSPS) is 10.7. The number of aryl methyl sites for hydroxylation is 1. The summed E-state index contributed by atoms with van der Waals surface area (Å²) >= 11 is 1.34. The molecule has 3 aromatic rings. The van der Waals surface area contributed by atoms with E-state index in [9.17, 15) is 4.79 Å². The van der Waals surface area contributed by atoms with Crippen LogP contribution >= 0.6 is 11.3 Å². The summed E-state index contributed by atoms with van der Waals surface area (Å²) < 4.78 is 0. The number of rotatable bonds is 4.